The van der Waals surface area contributed by atoms with E-state index >= 15 is 0 Å². The number of nitrogens with zero attached hydrogens (tertiary/aromatic N) is 2. The van der Waals surface area contributed by atoms with Crippen molar-refractivity contribution in [3.63, 3.8) is 0 Å². The highest BCUT2D eigenvalue weighted by Crippen LogP contribution is 2.31. The van der Waals surface area contributed by atoms with E-state index in [1.165, 1.54) is 0 Å². The first-order valence-electron chi connectivity index (χ1n) is 7.94. The maximum absolute atomic E-state index is 12.9. The van der Waals surface area contributed by atoms with Crippen LogP contribution in [-0.4, -0.2) is 16.0 Å². The summed E-state index contributed by atoms with van der Waals surface area (Å²) >= 11 is 6.00. The number of aryl methyl sites for hydroxylation is 2. The van der Waals surface area contributed by atoms with Gasteiger partial charge in [0.05, 0.1) is 16.6 Å². The predicted molar refractivity (Wildman–Crippen MR) is 91.2 cm³/mol. The summed E-state index contributed by atoms with van der Waals surface area (Å²) < 4.78 is 5.28. The first kappa shape index (κ1) is 15.1. The van der Waals surface area contributed by atoms with Crippen molar-refractivity contribution in [2.45, 2.75) is 32.7 Å². The van der Waals surface area contributed by atoms with Gasteiger partial charge in [-0.2, -0.15) is 0 Å². The minimum Gasteiger partial charge on any atom is -0.348 e. The third-order valence-electron chi connectivity index (χ3n) is 4.39. The largest absolute Gasteiger partial charge is 0.348 e. The van der Waals surface area contributed by atoms with Gasteiger partial charge in [0.25, 0.3) is 11.6 Å². The van der Waals surface area contributed by atoms with Gasteiger partial charge in [0, 0.05) is 17.3 Å². The van der Waals surface area contributed by atoms with Gasteiger partial charge in [-0.05, 0) is 49.4 Å². The van der Waals surface area contributed by atoms with Crippen LogP contribution in [0.15, 0.2) is 28.8 Å². The maximum atomic E-state index is 12.9. The number of carbonyl (C=O) groups excluding carboxylic acids is 1. The fourth-order valence-electron chi connectivity index (χ4n) is 3.28. The standard InChI is InChI=1S/C18H16ClN3O2/c1-10-15-16(13-6-3-7-14(13)21-18(15)24-22-10)17(23)20-9-11-4-2-5-12(19)8-11/h2,4-5,8H,3,6-7,9H2,1H3,(H,20,23). The molecule has 2 aromatic heterocycles. The molecule has 3 aromatic rings. The summed E-state index contributed by atoms with van der Waals surface area (Å²) in [5.41, 5.74) is 4.73. The topological polar surface area (TPSA) is 68.0 Å². The third-order valence-corrected chi connectivity index (χ3v) is 4.63. The van der Waals surface area contributed by atoms with Crippen LogP contribution in [-0.2, 0) is 19.4 Å². The van der Waals surface area contributed by atoms with E-state index in [9.17, 15) is 4.79 Å². The summed E-state index contributed by atoms with van der Waals surface area (Å²) in [7, 11) is 0. The Bertz CT molecular complexity index is 949. The molecule has 122 valence electrons. The summed E-state index contributed by atoms with van der Waals surface area (Å²) in [6, 6.07) is 7.46. The van der Waals surface area contributed by atoms with Crippen LogP contribution < -0.4 is 5.32 Å². The number of rotatable bonds is 3. The average Bonchev–Trinajstić information content (AvgIpc) is 3.17. The van der Waals surface area contributed by atoms with Crippen molar-refractivity contribution in [3.05, 3.63) is 57.4 Å². The lowest BCUT2D eigenvalue weighted by molar-refractivity contribution is 0.0951. The highest BCUT2D eigenvalue weighted by molar-refractivity contribution is 6.30. The Kier molecular flexibility index (Phi) is 3.73. The van der Waals surface area contributed by atoms with E-state index in [1.54, 1.807) is 0 Å². The van der Waals surface area contributed by atoms with Crippen molar-refractivity contribution in [2.24, 2.45) is 0 Å². The molecule has 1 amide bonds. The zero-order chi connectivity index (χ0) is 16.7. The molecule has 0 fully saturated rings. The Morgan fingerprint density at radius 1 is 1.38 bits per heavy atom. The van der Waals surface area contributed by atoms with Crippen molar-refractivity contribution < 1.29 is 9.32 Å². The van der Waals surface area contributed by atoms with E-state index < -0.39 is 0 Å². The molecule has 0 aliphatic heterocycles. The molecule has 0 radical (unpaired) electrons. The molecule has 1 aliphatic rings. The molecule has 4 rings (SSSR count). The van der Waals surface area contributed by atoms with E-state index in [4.69, 9.17) is 16.1 Å². The summed E-state index contributed by atoms with van der Waals surface area (Å²) in [6.45, 7) is 2.25. The maximum Gasteiger partial charge on any atom is 0.259 e. The van der Waals surface area contributed by atoms with Gasteiger partial charge in [-0.15, -0.1) is 0 Å². The molecular weight excluding hydrogens is 326 g/mol. The van der Waals surface area contributed by atoms with Crippen LogP contribution in [0.1, 0.15) is 39.3 Å². The summed E-state index contributed by atoms with van der Waals surface area (Å²) in [4.78, 5) is 17.4. The molecule has 5 nitrogen and oxygen atoms in total. The lowest BCUT2D eigenvalue weighted by Crippen LogP contribution is -2.24. The van der Waals surface area contributed by atoms with E-state index in [2.05, 4.69) is 15.5 Å². The molecule has 24 heavy (non-hydrogen) atoms. The van der Waals surface area contributed by atoms with Crippen molar-refractivity contribution in [2.75, 3.05) is 0 Å². The molecule has 0 saturated heterocycles. The summed E-state index contributed by atoms with van der Waals surface area (Å²) in [5, 5.41) is 8.34. The number of pyridine rings is 1. The Balaban J connectivity index is 1.70. The molecule has 0 bridgehead atoms. The van der Waals surface area contributed by atoms with Gasteiger partial charge in [0.2, 0.25) is 0 Å². The second-order valence-electron chi connectivity index (χ2n) is 6.03. The number of fused-ring (bicyclic) bond motifs is 2. The van der Waals surface area contributed by atoms with Gasteiger partial charge < -0.3 is 9.84 Å². The van der Waals surface area contributed by atoms with Crippen LogP contribution in [0.4, 0.5) is 0 Å². The molecule has 6 heteroatoms. The van der Waals surface area contributed by atoms with Crippen LogP contribution in [0.2, 0.25) is 5.02 Å². The summed E-state index contributed by atoms with van der Waals surface area (Å²) in [6.07, 6.45) is 2.75. The fourth-order valence-corrected chi connectivity index (χ4v) is 3.50. The average molecular weight is 342 g/mol. The molecule has 1 aliphatic carbocycles. The smallest absolute Gasteiger partial charge is 0.259 e. The molecule has 0 spiro atoms. The molecule has 0 unspecified atom stereocenters. The Morgan fingerprint density at radius 3 is 3.08 bits per heavy atom. The Morgan fingerprint density at radius 2 is 2.25 bits per heavy atom. The monoisotopic (exact) mass is 341 g/mol. The fraction of sp³-hybridized carbons (Fsp3) is 0.278. The molecular formula is C18H16ClN3O2. The number of aromatic nitrogens is 2. The number of carbonyl (C=O) groups is 1. The van der Waals surface area contributed by atoms with Crippen LogP contribution in [0.3, 0.4) is 0 Å². The van der Waals surface area contributed by atoms with Crippen molar-refractivity contribution in [3.8, 4) is 0 Å². The van der Waals surface area contributed by atoms with Crippen LogP contribution in [0.25, 0.3) is 11.1 Å². The molecule has 1 aromatic carbocycles. The minimum absolute atomic E-state index is 0.119. The normalized spacial score (nSPS) is 13.2. The van der Waals surface area contributed by atoms with E-state index in [1.807, 2.05) is 31.2 Å². The zero-order valence-electron chi connectivity index (χ0n) is 13.2. The van der Waals surface area contributed by atoms with E-state index in [-0.39, 0.29) is 5.91 Å². The Labute approximate surface area is 144 Å². The zero-order valence-corrected chi connectivity index (χ0v) is 14.0. The summed E-state index contributed by atoms with van der Waals surface area (Å²) in [5.74, 6) is -0.119. The van der Waals surface area contributed by atoms with Gasteiger partial charge in [-0.25, -0.2) is 4.98 Å². The molecule has 0 atom stereocenters. The lowest BCUT2D eigenvalue weighted by Gasteiger charge is -2.10. The van der Waals surface area contributed by atoms with Gasteiger partial charge >= 0.3 is 0 Å². The highest BCUT2D eigenvalue weighted by atomic mass is 35.5. The van der Waals surface area contributed by atoms with E-state index in [0.29, 0.717) is 28.5 Å². The number of hydrogen-bond donors (Lipinski definition) is 1. The van der Waals surface area contributed by atoms with Gasteiger partial charge in [0.1, 0.15) is 0 Å². The lowest BCUT2D eigenvalue weighted by atomic mass is 10.0. The van der Waals surface area contributed by atoms with Crippen LogP contribution in [0, 0.1) is 6.92 Å². The molecule has 1 N–H and O–H groups in total. The second kappa shape index (κ2) is 5.91. The number of amides is 1. The predicted octanol–water partition coefficient (Wildman–Crippen LogP) is 3.60. The minimum atomic E-state index is -0.119. The first-order chi connectivity index (χ1) is 11.6. The van der Waals surface area contributed by atoms with Crippen molar-refractivity contribution in [1.29, 1.82) is 0 Å². The van der Waals surface area contributed by atoms with Crippen LogP contribution >= 0.6 is 11.6 Å². The number of benzene rings is 1. The highest BCUT2D eigenvalue weighted by Gasteiger charge is 2.26. The van der Waals surface area contributed by atoms with Crippen LogP contribution in [0.5, 0.6) is 0 Å². The number of halogens is 1. The van der Waals surface area contributed by atoms with Gasteiger partial charge in [-0.3, -0.25) is 4.79 Å². The van der Waals surface area contributed by atoms with Gasteiger partial charge in [-0.1, -0.05) is 28.9 Å². The quantitative estimate of drug-likeness (QED) is 0.790. The van der Waals surface area contributed by atoms with Gasteiger partial charge in [0.15, 0.2) is 0 Å². The third kappa shape index (κ3) is 2.55. The second-order valence-corrected chi connectivity index (χ2v) is 6.46. The first-order valence-corrected chi connectivity index (χ1v) is 8.31. The number of hydrogen-bond acceptors (Lipinski definition) is 4. The SMILES string of the molecule is Cc1noc2nc3c(c(C(=O)NCc4cccc(Cl)c4)c12)CCC3. The number of nitrogens with one attached hydrogen (secondary N) is 1. The molecule has 2 heterocycles. The van der Waals surface area contributed by atoms with E-state index in [0.717, 1.165) is 41.5 Å². The van der Waals surface area contributed by atoms with Crippen molar-refractivity contribution >= 4 is 28.6 Å². The molecule has 0 saturated carbocycles. The Hall–Kier alpha value is -2.40. The van der Waals surface area contributed by atoms with Crippen molar-refractivity contribution in [1.82, 2.24) is 15.5 Å².